The minimum absolute atomic E-state index is 0. The lowest BCUT2D eigenvalue weighted by Crippen LogP contribution is -2.26. The first-order valence-corrected chi connectivity index (χ1v) is 6.63. The van der Waals surface area contributed by atoms with Crippen molar-refractivity contribution in [2.75, 3.05) is 19.6 Å². The molecule has 0 radical (unpaired) electrons. The van der Waals surface area contributed by atoms with Crippen molar-refractivity contribution in [1.29, 1.82) is 0 Å². The minimum atomic E-state index is 0. The maximum absolute atomic E-state index is 2.58. The third kappa shape index (κ3) is 2.40. The fourth-order valence-electron chi connectivity index (χ4n) is 3.04. The van der Waals surface area contributed by atoms with Gasteiger partial charge in [-0.25, -0.2) is 0 Å². The summed E-state index contributed by atoms with van der Waals surface area (Å²) in [4.78, 5) is 2.58. The molecular weight excluding hydrogens is 206 g/mol. The van der Waals surface area contributed by atoms with E-state index >= 15 is 0 Å². The smallest absolute Gasteiger partial charge is 0.0124 e. The SMILES string of the molecule is C.CC.CCN1C[C@H]2CC2(c2ccccc2)C1. The lowest BCUT2D eigenvalue weighted by Gasteiger charge is -2.18. The van der Waals surface area contributed by atoms with Crippen LogP contribution in [0.15, 0.2) is 30.3 Å². The molecule has 2 fully saturated rings. The molecule has 0 bridgehead atoms. The summed E-state index contributed by atoms with van der Waals surface area (Å²) >= 11 is 0. The van der Waals surface area contributed by atoms with Gasteiger partial charge in [0.15, 0.2) is 0 Å². The molecule has 1 saturated heterocycles. The summed E-state index contributed by atoms with van der Waals surface area (Å²) in [5.74, 6) is 0.949. The number of piperidine rings is 1. The Labute approximate surface area is 107 Å². The number of hydrogen-bond donors (Lipinski definition) is 0. The second-order valence-electron chi connectivity index (χ2n) is 4.75. The van der Waals surface area contributed by atoms with E-state index in [1.165, 1.54) is 26.1 Å². The monoisotopic (exact) mass is 233 g/mol. The van der Waals surface area contributed by atoms with Gasteiger partial charge in [-0.05, 0) is 24.4 Å². The lowest BCUT2D eigenvalue weighted by atomic mass is 9.95. The van der Waals surface area contributed by atoms with Gasteiger partial charge in [-0.15, -0.1) is 0 Å². The van der Waals surface area contributed by atoms with E-state index in [9.17, 15) is 0 Å². The molecule has 1 heterocycles. The van der Waals surface area contributed by atoms with Crippen LogP contribution in [-0.4, -0.2) is 24.5 Å². The van der Waals surface area contributed by atoms with Crippen LogP contribution in [0.25, 0.3) is 0 Å². The van der Waals surface area contributed by atoms with Gasteiger partial charge < -0.3 is 4.90 Å². The van der Waals surface area contributed by atoms with Gasteiger partial charge in [-0.3, -0.25) is 0 Å². The van der Waals surface area contributed by atoms with Crippen molar-refractivity contribution < 1.29 is 0 Å². The second kappa shape index (κ2) is 5.68. The third-order valence-corrected chi connectivity index (χ3v) is 4.01. The molecule has 1 aromatic rings. The van der Waals surface area contributed by atoms with Crippen LogP contribution < -0.4 is 0 Å². The second-order valence-corrected chi connectivity index (χ2v) is 4.75. The lowest BCUT2D eigenvalue weighted by molar-refractivity contribution is 0.314. The molecule has 0 aromatic heterocycles. The van der Waals surface area contributed by atoms with Gasteiger partial charge in [0.2, 0.25) is 0 Å². The van der Waals surface area contributed by atoms with E-state index in [0.29, 0.717) is 5.41 Å². The average molecular weight is 233 g/mol. The van der Waals surface area contributed by atoms with Crippen molar-refractivity contribution in [3.63, 3.8) is 0 Å². The highest BCUT2D eigenvalue weighted by Crippen LogP contribution is 2.58. The highest BCUT2D eigenvalue weighted by Gasteiger charge is 2.60. The quantitative estimate of drug-likeness (QED) is 0.748. The Bertz CT molecular complexity index is 333. The zero-order valence-electron chi connectivity index (χ0n) is 10.7. The fraction of sp³-hybridized carbons (Fsp3) is 0.625. The first kappa shape index (κ1) is 14.2. The molecule has 2 aliphatic rings. The zero-order chi connectivity index (χ0) is 11.6. The summed E-state index contributed by atoms with van der Waals surface area (Å²) in [6.07, 6.45) is 1.42. The van der Waals surface area contributed by atoms with Crippen LogP contribution in [-0.2, 0) is 5.41 Å². The van der Waals surface area contributed by atoms with Gasteiger partial charge in [0.25, 0.3) is 0 Å². The van der Waals surface area contributed by atoms with Gasteiger partial charge in [0, 0.05) is 18.5 Å². The summed E-state index contributed by atoms with van der Waals surface area (Å²) in [5.41, 5.74) is 2.12. The molecule has 1 aliphatic carbocycles. The van der Waals surface area contributed by atoms with Crippen LogP contribution in [0, 0.1) is 5.92 Å². The van der Waals surface area contributed by atoms with E-state index < -0.39 is 0 Å². The Kier molecular flexibility index (Phi) is 4.76. The van der Waals surface area contributed by atoms with E-state index in [1.54, 1.807) is 5.56 Å². The maximum Gasteiger partial charge on any atom is 0.0124 e. The van der Waals surface area contributed by atoms with E-state index in [-0.39, 0.29) is 7.43 Å². The molecule has 17 heavy (non-hydrogen) atoms. The number of rotatable bonds is 2. The third-order valence-electron chi connectivity index (χ3n) is 4.01. The number of fused-ring (bicyclic) bond motifs is 1. The molecule has 1 aliphatic heterocycles. The Morgan fingerprint density at radius 1 is 1.24 bits per heavy atom. The van der Waals surface area contributed by atoms with Crippen molar-refractivity contribution in [3.05, 3.63) is 35.9 Å². The number of likely N-dealkylation sites (tertiary alicyclic amines) is 1. The number of benzene rings is 1. The predicted octanol–water partition coefficient (Wildman–Crippen LogP) is 3.94. The molecule has 0 amide bonds. The van der Waals surface area contributed by atoms with Crippen LogP contribution in [0.3, 0.4) is 0 Å². The Hall–Kier alpha value is -0.820. The van der Waals surface area contributed by atoms with Crippen molar-refractivity contribution in [1.82, 2.24) is 4.90 Å². The average Bonchev–Trinajstić information content (AvgIpc) is 2.96. The minimum Gasteiger partial charge on any atom is -0.302 e. The van der Waals surface area contributed by atoms with E-state index in [2.05, 4.69) is 42.2 Å². The summed E-state index contributed by atoms with van der Waals surface area (Å²) in [6.45, 7) is 10.1. The first-order chi connectivity index (χ1) is 7.85. The summed E-state index contributed by atoms with van der Waals surface area (Å²) < 4.78 is 0. The van der Waals surface area contributed by atoms with Gasteiger partial charge in [-0.2, -0.15) is 0 Å². The zero-order valence-corrected chi connectivity index (χ0v) is 10.7. The fourth-order valence-corrected chi connectivity index (χ4v) is 3.04. The van der Waals surface area contributed by atoms with Gasteiger partial charge in [0.1, 0.15) is 0 Å². The number of likely N-dealkylation sites (N-methyl/N-ethyl adjacent to an activating group) is 1. The van der Waals surface area contributed by atoms with Crippen LogP contribution >= 0.6 is 0 Å². The molecule has 1 saturated carbocycles. The van der Waals surface area contributed by atoms with Crippen LogP contribution in [0.5, 0.6) is 0 Å². The van der Waals surface area contributed by atoms with Crippen LogP contribution in [0.1, 0.15) is 40.2 Å². The summed E-state index contributed by atoms with van der Waals surface area (Å²) in [5, 5.41) is 0. The first-order valence-electron chi connectivity index (χ1n) is 6.63. The van der Waals surface area contributed by atoms with Crippen molar-refractivity contribution in [2.45, 2.75) is 40.0 Å². The maximum atomic E-state index is 2.58. The van der Waals surface area contributed by atoms with Gasteiger partial charge >= 0.3 is 0 Å². The van der Waals surface area contributed by atoms with Crippen LogP contribution in [0.4, 0.5) is 0 Å². The normalized spacial score (nSPS) is 29.7. The highest BCUT2D eigenvalue weighted by molar-refractivity contribution is 5.36. The standard InChI is InChI=1S/C13H17N.C2H6.CH4/c1-2-14-9-12-8-13(12,10-14)11-6-4-3-5-7-11;1-2;/h3-7,12H,2,8-10H2,1H3;1-2H3;1H4/t12-,13?;;/m1../s1. The molecule has 0 spiro atoms. The van der Waals surface area contributed by atoms with Crippen molar-refractivity contribution in [3.8, 4) is 0 Å². The van der Waals surface area contributed by atoms with Crippen LogP contribution in [0.2, 0.25) is 0 Å². The van der Waals surface area contributed by atoms with Gasteiger partial charge in [0.05, 0.1) is 0 Å². The van der Waals surface area contributed by atoms with E-state index in [4.69, 9.17) is 0 Å². The Morgan fingerprint density at radius 3 is 2.41 bits per heavy atom. The van der Waals surface area contributed by atoms with Gasteiger partial charge in [-0.1, -0.05) is 58.5 Å². The topological polar surface area (TPSA) is 3.24 Å². The molecular formula is C16H27N. The molecule has 1 heteroatoms. The molecule has 1 unspecified atom stereocenters. The van der Waals surface area contributed by atoms with Crippen molar-refractivity contribution in [2.24, 2.45) is 5.92 Å². The molecule has 96 valence electrons. The molecule has 3 rings (SSSR count). The Morgan fingerprint density at radius 2 is 1.88 bits per heavy atom. The summed E-state index contributed by atoms with van der Waals surface area (Å²) in [7, 11) is 0. The van der Waals surface area contributed by atoms with Crippen molar-refractivity contribution >= 4 is 0 Å². The highest BCUT2D eigenvalue weighted by atomic mass is 15.2. The number of nitrogens with zero attached hydrogens (tertiary/aromatic N) is 1. The van der Waals surface area contributed by atoms with E-state index in [0.717, 1.165) is 5.92 Å². The molecule has 2 atom stereocenters. The van der Waals surface area contributed by atoms with E-state index in [1.807, 2.05) is 13.8 Å². The number of hydrogen-bond acceptors (Lipinski definition) is 1. The molecule has 1 nitrogen and oxygen atoms in total. The Balaban J connectivity index is 0.000000459. The largest absolute Gasteiger partial charge is 0.302 e. The molecule has 0 N–H and O–H groups in total. The summed E-state index contributed by atoms with van der Waals surface area (Å²) in [6, 6.07) is 11.1. The molecule has 1 aromatic carbocycles. The predicted molar refractivity (Wildman–Crippen MR) is 76.4 cm³/mol.